The molecule has 0 aromatic rings. The van der Waals surface area contributed by atoms with Crippen LogP contribution in [0.3, 0.4) is 0 Å². The van der Waals surface area contributed by atoms with E-state index in [1.165, 1.54) is 0 Å². The van der Waals surface area contributed by atoms with Gasteiger partial charge in [-0.05, 0) is 12.3 Å². The zero-order valence-electron chi connectivity index (χ0n) is 9.49. The Kier molecular flexibility index (Phi) is 6.88. The molecule has 6 nitrogen and oxygen atoms in total. The van der Waals surface area contributed by atoms with Gasteiger partial charge in [-0.2, -0.15) is 5.26 Å². The van der Waals surface area contributed by atoms with Crippen molar-refractivity contribution in [2.45, 2.75) is 26.3 Å². The number of carbonyl (C=O) groups is 2. The Morgan fingerprint density at radius 2 is 2.06 bits per heavy atom. The summed E-state index contributed by atoms with van der Waals surface area (Å²) in [6, 6.07) is 1.04. The molecule has 0 saturated carbocycles. The van der Waals surface area contributed by atoms with E-state index in [1.807, 2.05) is 13.8 Å². The minimum absolute atomic E-state index is 0.0670. The van der Waals surface area contributed by atoms with Crippen molar-refractivity contribution in [1.82, 2.24) is 10.6 Å². The quantitative estimate of drug-likeness (QED) is 0.519. The van der Waals surface area contributed by atoms with Crippen LogP contribution in [0.1, 0.15) is 20.3 Å². The molecular formula is C10H17N3O3. The average molecular weight is 227 g/mol. The van der Waals surface area contributed by atoms with E-state index in [0.29, 0.717) is 6.42 Å². The maximum absolute atomic E-state index is 11.1. The average Bonchev–Trinajstić information content (AvgIpc) is 2.20. The third-order valence-corrected chi connectivity index (χ3v) is 1.88. The molecule has 3 N–H and O–H groups in total. The molecule has 0 saturated heterocycles. The van der Waals surface area contributed by atoms with Crippen molar-refractivity contribution < 1.29 is 14.7 Å². The van der Waals surface area contributed by atoms with E-state index in [0.717, 1.165) is 0 Å². The Bertz CT molecular complexity index is 284. The van der Waals surface area contributed by atoms with Gasteiger partial charge < -0.3 is 10.4 Å². The molecule has 0 fully saturated rings. The second-order valence-corrected chi connectivity index (χ2v) is 3.84. The van der Waals surface area contributed by atoms with Crippen LogP contribution in [0.25, 0.3) is 0 Å². The van der Waals surface area contributed by atoms with Crippen LogP contribution in [-0.4, -0.2) is 36.1 Å². The lowest BCUT2D eigenvalue weighted by molar-refractivity contribution is -0.140. The van der Waals surface area contributed by atoms with Gasteiger partial charge in [0.15, 0.2) is 0 Å². The van der Waals surface area contributed by atoms with Gasteiger partial charge in [0.2, 0.25) is 5.91 Å². The van der Waals surface area contributed by atoms with Crippen molar-refractivity contribution in [1.29, 1.82) is 5.26 Å². The van der Waals surface area contributed by atoms with E-state index < -0.39 is 12.0 Å². The predicted molar refractivity (Wildman–Crippen MR) is 57.5 cm³/mol. The molecule has 0 radical (unpaired) electrons. The molecule has 16 heavy (non-hydrogen) atoms. The molecule has 0 rings (SSSR count). The largest absolute Gasteiger partial charge is 0.480 e. The molecule has 1 atom stereocenters. The van der Waals surface area contributed by atoms with Gasteiger partial charge in [0.05, 0.1) is 12.6 Å². The van der Waals surface area contributed by atoms with Crippen LogP contribution >= 0.6 is 0 Å². The number of carboxylic acid groups (broad SMARTS) is 1. The third kappa shape index (κ3) is 6.79. The molecule has 0 aromatic carbocycles. The zero-order valence-corrected chi connectivity index (χ0v) is 9.49. The van der Waals surface area contributed by atoms with Gasteiger partial charge in [-0.15, -0.1) is 0 Å². The summed E-state index contributed by atoms with van der Waals surface area (Å²) in [5, 5.41) is 22.0. The minimum Gasteiger partial charge on any atom is -0.480 e. The van der Waals surface area contributed by atoms with E-state index >= 15 is 0 Å². The smallest absolute Gasteiger partial charge is 0.320 e. The van der Waals surface area contributed by atoms with E-state index in [-0.39, 0.29) is 24.9 Å². The third-order valence-electron chi connectivity index (χ3n) is 1.88. The molecule has 0 heterocycles. The van der Waals surface area contributed by atoms with Crippen molar-refractivity contribution in [2.75, 3.05) is 13.1 Å². The molecule has 90 valence electrons. The normalized spacial score (nSPS) is 11.9. The number of rotatable bonds is 7. The number of hydrogen-bond donors (Lipinski definition) is 3. The van der Waals surface area contributed by atoms with E-state index in [9.17, 15) is 9.59 Å². The van der Waals surface area contributed by atoms with Crippen molar-refractivity contribution in [3.05, 3.63) is 0 Å². The SMILES string of the molecule is CC(C)CC(NCC(=O)NCC#N)C(=O)O. The second-order valence-electron chi connectivity index (χ2n) is 3.84. The number of nitrogens with one attached hydrogen (secondary N) is 2. The molecule has 0 aliphatic rings. The van der Waals surface area contributed by atoms with E-state index in [1.54, 1.807) is 6.07 Å². The van der Waals surface area contributed by atoms with E-state index in [4.69, 9.17) is 10.4 Å². The van der Waals surface area contributed by atoms with Crippen LogP contribution in [0, 0.1) is 17.2 Å². The molecule has 0 spiro atoms. The standard InChI is InChI=1S/C10H17N3O3/c1-7(2)5-8(10(15)16)13-6-9(14)12-4-3-11/h7-8,13H,4-6H2,1-2H3,(H,12,14)(H,15,16). The summed E-state index contributed by atoms with van der Waals surface area (Å²) in [7, 11) is 0. The summed E-state index contributed by atoms with van der Waals surface area (Å²) in [6.45, 7) is 3.66. The predicted octanol–water partition coefficient (Wildman–Crippen LogP) is -0.285. The first-order chi connectivity index (χ1) is 7.47. The van der Waals surface area contributed by atoms with E-state index in [2.05, 4.69) is 10.6 Å². The Morgan fingerprint density at radius 1 is 1.44 bits per heavy atom. The molecular weight excluding hydrogens is 210 g/mol. The maximum atomic E-state index is 11.1. The van der Waals surface area contributed by atoms with Crippen molar-refractivity contribution in [2.24, 2.45) is 5.92 Å². The molecule has 1 amide bonds. The summed E-state index contributed by atoms with van der Waals surface area (Å²) in [5.74, 6) is -1.12. The van der Waals surface area contributed by atoms with Crippen LogP contribution in [0.2, 0.25) is 0 Å². The highest BCUT2D eigenvalue weighted by atomic mass is 16.4. The summed E-state index contributed by atoms with van der Waals surface area (Å²) in [5.41, 5.74) is 0. The fourth-order valence-corrected chi connectivity index (χ4v) is 1.16. The summed E-state index contributed by atoms with van der Waals surface area (Å²) in [4.78, 5) is 21.9. The number of nitriles is 1. The van der Waals surface area contributed by atoms with Crippen LogP contribution in [0.4, 0.5) is 0 Å². The number of nitrogens with zero attached hydrogens (tertiary/aromatic N) is 1. The van der Waals surface area contributed by atoms with Gasteiger partial charge in [0.25, 0.3) is 0 Å². The molecule has 6 heteroatoms. The summed E-state index contributed by atoms with van der Waals surface area (Å²) < 4.78 is 0. The van der Waals surface area contributed by atoms with Gasteiger partial charge >= 0.3 is 5.97 Å². The maximum Gasteiger partial charge on any atom is 0.320 e. The highest BCUT2D eigenvalue weighted by Gasteiger charge is 2.18. The van der Waals surface area contributed by atoms with Gasteiger partial charge in [-0.25, -0.2) is 0 Å². The van der Waals surface area contributed by atoms with Crippen LogP contribution in [0.5, 0.6) is 0 Å². The first-order valence-electron chi connectivity index (χ1n) is 5.07. The van der Waals surface area contributed by atoms with Gasteiger partial charge in [0, 0.05) is 0 Å². The Balaban J connectivity index is 3.98. The fraction of sp³-hybridized carbons (Fsp3) is 0.700. The molecule has 1 unspecified atom stereocenters. The Labute approximate surface area is 94.6 Å². The Hall–Kier alpha value is -1.61. The number of hydrogen-bond acceptors (Lipinski definition) is 4. The molecule has 0 aromatic heterocycles. The monoisotopic (exact) mass is 227 g/mol. The topological polar surface area (TPSA) is 102 Å². The Morgan fingerprint density at radius 3 is 2.50 bits per heavy atom. The first-order valence-corrected chi connectivity index (χ1v) is 5.07. The number of aliphatic carboxylic acids is 1. The van der Waals surface area contributed by atoms with Gasteiger partial charge in [-0.3, -0.25) is 14.9 Å². The molecule has 0 bridgehead atoms. The lowest BCUT2D eigenvalue weighted by atomic mass is 10.0. The number of carbonyl (C=O) groups excluding carboxylic acids is 1. The lowest BCUT2D eigenvalue weighted by Crippen LogP contribution is -2.43. The van der Waals surface area contributed by atoms with Gasteiger partial charge in [-0.1, -0.05) is 13.8 Å². The van der Waals surface area contributed by atoms with Crippen LogP contribution in [0.15, 0.2) is 0 Å². The van der Waals surface area contributed by atoms with Crippen molar-refractivity contribution in [3.63, 3.8) is 0 Å². The first kappa shape index (κ1) is 14.4. The highest BCUT2D eigenvalue weighted by molar-refractivity contribution is 5.80. The van der Waals surface area contributed by atoms with Crippen LogP contribution in [-0.2, 0) is 9.59 Å². The molecule has 0 aliphatic carbocycles. The number of carboxylic acids is 1. The lowest BCUT2D eigenvalue weighted by Gasteiger charge is -2.15. The fourth-order valence-electron chi connectivity index (χ4n) is 1.16. The van der Waals surface area contributed by atoms with Crippen LogP contribution < -0.4 is 10.6 Å². The second kappa shape index (κ2) is 7.65. The minimum atomic E-state index is -0.971. The van der Waals surface area contributed by atoms with Gasteiger partial charge in [0.1, 0.15) is 12.6 Å². The van der Waals surface area contributed by atoms with Crippen molar-refractivity contribution >= 4 is 11.9 Å². The summed E-state index contributed by atoms with van der Waals surface area (Å²) in [6.07, 6.45) is 0.459. The highest BCUT2D eigenvalue weighted by Crippen LogP contribution is 2.04. The molecule has 0 aliphatic heterocycles. The number of amides is 1. The van der Waals surface area contributed by atoms with Crippen molar-refractivity contribution in [3.8, 4) is 6.07 Å². The summed E-state index contributed by atoms with van der Waals surface area (Å²) >= 11 is 0. The zero-order chi connectivity index (χ0) is 12.6.